The fourth-order valence-corrected chi connectivity index (χ4v) is 5.49. The van der Waals surface area contributed by atoms with E-state index in [9.17, 15) is 9.59 Å². The first-order chi connectivity index (χ1) is 19.5. The first kappa shape index (κ1) is 25.7. The van der Waals surface area contributed by atoms with Gasteiger partial charge in [-0.05, 0) is 34.9 Å². The number of ether oxygens (including phenoxy) is 1. The number of amides is 1. The number of aromatic nitrogens is 1. The van der Waals surface area contributed by atoms with Gasteiger partial charge in [0.05, 0.1) is 17.3 Å². The molecule has 7 heteroatoms. The standard InChI is InChI=1S/C33H26ClN3O3/c1-40-31(23-12-6-3-7-13-23)33(39)37-28(21-10-4-2-5-11-21)20-27(36-37)30-29(22-16-18-24(34)19-17-22)25-14-8-9-15-26(25)35-32(30)38/h2-19,28,31H,20H2,1H3,(H,35,38). The molecule has 1 aliphatic rings. The number of fused-ring (bicyclic) bond motifs is 1. The van der Waals surface area contributed by atoms with E-state index in [1.165, 1.54) is 12.1 Å². The number of hydrazone groups is 1. The van der Waals surface area contributed by atoms with E-state index in [1.54, 1.807) is 12.1 Å². The number of H-pyrrole nitrogens is 1. The molecule has 1 N–H and O–H groups in total. The van der Waals surface area contributed by atoms with Crippen LogP contribution in [0.4, 0.5) is 0 Å². The van der Waals surface area contributed by atoms with E-state index < -0.39 is 12.1 Å². The van der Waals surface area contributed by atoms with Crippen LogP contribution in [0.2, 0.25) is 5.02 Å². The number of hydrogen-bond acceptors (Lipinski definition) is 4. The van der Waals surface area contributed by atoms with Crippen molar-refractivity contribution in [1.82, 2.24) is 9.99 Å². The highest BCUT2D eigenvalue weighted by molar-refractivity contribution is 6.30. The summed E-state index contributed by atoms with van der Waals surface area (Å²) in [6.45, 7) is 0. The molecule has 198 valence electrons. The molecule has 6 nitrogen and oxygen atoms in total. The minimum absolute atomic E-state index is 0.269. The lowest BCUT2D eigenvalue weighted by atomic mass is 9.91. The first-order valence-corrected chi connectivity index (χ1v) is 13.4. The van der Waals surface area contributed by atoms with E-state index in [0.717, 1.165) is 33.2 Å². The lowest BCUT2D eigenvalue weighted by Crippen LogP contribution is -2.32. The van der Waals surface area contributed by atoms with Gasteiger partial charge in [-0.25, -0.2) is 5.01 Å². The lowest BCUT2D eigenvalue weighted by molar-refractivity contribution is -0.144. The summed E-state index contributed by atoms with van der Waals surface area (Å²) in [5, 5.41) is 7.81. The van der Waals surface area contributed by atoms with Crippen LogP contribution >= 0.6 is 11.6 Å². The molecule has 0 bridgehead atoms. The molecule has 6 rings (SSSR count). The van der Waals surface area contributed by atoms with Crippen molar-refractivity contribution in [1.29, 1.82) is 0 Å². The van der Waals surface area contributed by atoms with Crippen LogP contribution in [0.15, 0.2) is 119 Å². The summed E-state index contributed by atoms with van der Waals surface area (Å²) in [6.07, 6.45) is -0.482. The number of nitrogens with zero attached hydrogens (tertiary/aromatic N) is 2. The highest BCUT2D eigenvalue weighted by Crippen LogP contribution is 2.38. The van der Waals surface area contributed by atoms with Gasteiger partial charge in [0.15, 0.2) is 6.10 Å². The smallest absolute Gasteiger partial charge is 0.276 e. The Bertz CT molecular complexity index is 1770. The average molecular weight is 548 g/mol. The number of rotatable bonds is 6. The predicted molar refractivity (Wildman–Crippen MR) is 158 cm³/mol. The summed E-state index contributed by atoms with van der Waals surface area (Å²) in [7, 11) is 1.51. The third-order valence-electron chi connectivity index (χ3n) is 7.23. The Balaban J connectivity index is 1.54. The number of aromatic amines is 1. The highest BCUT2D eigenvalue weighted by atomic mass is 35.5. The van der Waals surface area contributed by atoms with E-state index in [1.807, 2.05) is 97.1 Å². The summed E-state index contributed by atoms with van der Waals surface area (Å²) < 4.78 is 5.68. The zero-order valence-corrected chi connectivity index (χ0v) is 22.5. The number of carbonyl (C=O) groups excluding carboxylic acids is 1. The van der Waals surface area contributed by atoms with Crippen molar-refractivity contribution in [3.63, 3.8) is 0 Å². The van der Waals surface area contributed by atoms with Crippen molar-refractivity contribution >= 4 is 34.1 Å². The molecular weight excluding hydrogens is 522 g/mol. The molecule has 2 unspecified atom stereocenters. The second-order valence-electron chi connectivity index (χ2n) is 9.64. The maximum absolute atomic E-state index is 14.0. The van der Waals surface area contributed by atoms with Crippen LogP contribution in [-0.4, -0.2) is 28.7 Å². The molecule has 40 heavy (non-hydrogen) atoms. The number of para-hydroxylation sites is 1. The van der Waals surface area contributed by atoms with Crippen molar-refractivity contribution in [2.75, 3.05) is 7.11 Å². The third kappa shape index (κ3) is 4.72. The quantitative estimate of drug-likeness (QED) is 0.251. The van der Waals surface area contributed by atoms with Crippen molar-refractivity contribution in [3.8, 4) is 11.1 Å². The maximum atomic E-state index is 14.0. The monoisotopic (exact) mass is 547 g/mol. The molecule has 4 aromatic carbocycles. The van der Waals surface area contributed by atoms with Crippen molar-refractivity contribution in [2.45, 2.75) is 18.6 Å². The topological polar surface area (TPSA) is 74.8 Å². The van der Waals surface area contributed by atoms with Crippen LogP contribution in [0.1, 0.15) is 35.3 Å². The van der Waals surface area contributed by atoms with Gasteiger partial charge in [0, 0.05) is 35.0 Å². The van der Waals surface area contributed by atoms with Crippen LogP contribution in [0.3, 0.4) is 0 Å². The molecule has 0 aliphatic carbocycles. The van der Waals surface area contributed by atoms with E-state index in [4.69, 9.17) is 21.4 Å². The van der Waals surface area contributed by atoms with Crippen LogP contribution in [0.25, 0.3) is 22.0 Å². The maximum Gasteiger partial charge on any atom is 0.276 e. The molecule has 0 radical (unpaired) electrons. The Kier molecular flexibility index (Phi) is 7.03. The van der Waals surface area contributed by atoms with Crippen molar-refractivity contribution < 1.29 is 9.53 Å². The van der Waals surface area contributed by atoms with Crippen LogP contribution < -0.4 is 5.56 Å². The lowest BCUT2D eigenvalue weighted by Gasteiger charge is -2.26. The molecule has 0 spiro atoms. The summed E-state index contributed by atoms with van der Waals surface area (Å²) in [4.78, 5) is 30.8. The molecule has 2 heterocycles. The van der Waals surface area contributed by atoms with Crippen LogP contribution in [0.5, 0.6) is 0 Å². The summed E-state index contributed by atoms with van der Waals surface area (Å²) in [5.41, 5.74) is 4.66. The Hall–Kier alpha value is -4.52. The summed E-state index contributed by atoms with van der Waals surface area (Å²) >= 11 is 6.20. The molecule has 5 aromatic rings. The number of benzene rings is 4. The normalized spacial score (nSPS) is 15.7. The van der Waals surface area contributed by atoms with Gasteiger partial charge in [-0.2, -0.15) is 5.10 Å². The van der Waals surface area contributed by atoms with E-state index >= 15 is 0 Å². The number of pyridine rings is 1. The fourth-order valence-electron chi connectivity index (χ4n) is 5.36. The number of methoxy groups -OCH3 is 1. The molecule has 1 amide bonds. The molecular formula is C33H26ClN3O3. The molecule has 1 aliphatic heterocycles. The second-order valence-corrected chi connectivity index (χ2v) is 10.1. The Morgan fingerprint density at radius 1 is 0.900 bits per heavy atom. The van der Waals surface area contributed by atoms with E-state index in [0.29, 0.717) is 22.7 Å². The SMILES string of the molecule is COC(C(=O)N1N=C(c2c(-c3ccc(Cl)cc3)c3ccccc3[nH]c2=O)CC1c1ccccc1)c1ccccc1. The summed E-state index contributed by atoms with van der Waals surface area (Å²) in [5.74, 6) is -0.303. The first-order valence-electron chi connectivity index (χ1n) is 13.0. The van der Waals surface area contributed by atoms with Crippen molar-refractivity contribution in [2.24, 2.45) is 5.10 Å². The van der Waals surface area contributed by atoms with Gasteiger partial charge in [-0.1, -0.05) is 103 Å². The molecule has 0 saturated heterocycles. The predicted octanol–water partition coefficient (Wildman–Crippen LogP) is 6.91. The van der Waals surface area contributed by atoms with Gasteiger partial charge >= 0.3 is 0 Å². The van der Waals surface area contributed by atoms with Gasteiger partial charge in [-0.3, -0.25) is 9.59 Å². The Labute approximate surface area is 236 Å². The number of nitrogens with one attached hydrogen (secondary N) is 1. The fraction of sp³-hybridized carbons (Fsp3) is 0.121. The minimum Gasteiger partial charge on any atom is -0.367 e. The summed E-state index contributed by atoms with van der Waals surface area (Å²) in [6, 6.07) is 33.8. The number of carbonyl (C=O) groups is 1. The third-order valence-corrected chi connectivity index (χ3v) is 7.48. The van der Waals surface area contributed by atoms with Gasteiger partial charge in [0.25, 0.3) is 11.5 Å². The van der Waals surface area contributed by atoms with Gasteiger partial charge < -0.3 is 9.72 Å². The zero-order valence-electron chi connectivity index (χ0n) is 21.8. The highest BCUT2D eigenvalue weighted by Gasteiger charge is 2.38. The largest absolute Gasteiger partial charge is 0.367 e. The Morgan fingerprint density at radius 3 is 2.25 bits per heavy atom. The van der Waals surface area contributed by atoms with E-state index in [2.05, 4.69) is 4.98 Å². The molecule has 1 aromatic heterocycles. The molecule has 2 atom stereocenters. The second kappa shape index (κ2) is 10.9. The van der Waals surface area contributed by atoms with Gasteiger partial charge in [0.2, 0.25) is 0 Å². The molecule has 0 fully saturated rings. The average Bonchev–Trinajstić information content (AvgIpc) is 3.43. The Morgan fingerprint density at radius 2 is 1.55 bits per heavy atom. The minimum atomic E-state index is -0.846. The van der Waals surface area contributed by atoms with Crippen LogP contribution in [-0.2, 0) is 9.53 Å². The van der Waals surface area contributed by atoms with Gasteiger partial charge in [-0.15, -0.1) is 0 Å². The molecule has 0 saturated carbocycles. The number of hydrogen-bond donors (Lipinski definition) is 1. The van der Waals surface area contributed by atoms with Crippen molar-refractivity contribution in [3.05, 3.63) is 141 Å². The van der Waals surface area contributed by atoms with E-state index in [-0.39, 0.29) is 11.5 Å². The van der Waals surface area contributed by atoms with Crippen LogP contribution in [0, 0.1) is 0 Å². The number of halogens is 1. The van der Waals surface area contributed by atoms with Gasteiger partial charge in [0.1, 0.15) is 0 Å². The zero-order chi connectivity index (χ0) is 27.6.